The third kappa shape index (κ3) is 4.51. The van der Waals surface area contributed by atoms with Crippen molar-refractivity contribution in [2.24, 2.45) is 4.99 Å². The summed E-state index contributed by atoms with van der Waals surface area (Å²) in [5.74, 6) is -0.548. The molecule has 6 nitrogen and oxygen atoms in total. The van der Waals surface area contributed by atoms with Gasteiger partial charge in [0.15, 0.2) is 4.80 Å². The third-order valence-corrected chi connectivity index (χ3v) is 6.80. The summed E-state index contributed by atoms with van der Waals surface area (Å²) in [6.07, 6.45) is -3.12. The van der Waals surface area contributed by atoms with Crippen LogP contribution in [0.15, 0.2) is 62.8 Å². The van der Waals surface area contributed by atoms with E-state index in [0.717, 1.165) is 28.3 Å². The van der Waals surface area contributed by atoms with Crippen LogP contribution in [-0.2, 0) is 15.7 Å². The number of nitrogens with zero attached hydrogens (tertiary/aromatic N) is 2. The number of anilines is 1. The number of fused-ring (bicyclic) bond motifs is 1. The maximum absolute atomic E-state index is 13.3. The summed E-state index contributed by atoms with van der Waals surface area (Å²) in [7, 11) is 0. The van der Waals surface area contributed by atoms with Crippen LogP contribution in [-0.4, -0.2) is 17.1 Å². The number of carbonyl (C=O) groups excluding carboxylic acids is 1. The first-order valence-electron chi connectivity index (χ1n) is 9.86. The van der Waals surface area contributed by atoms with Gasteiger partial charge in [-0.1, -0.05) is 23.5 Å². The van der Waals surface area contributed by atoms with Gasteiger partial charge in [-0.3, -0.25) is 9.36 Å². The second-order valence-corrected chi connectivity index (χ2v) is 9.03. The maximum Gasteiger partial charge on any atom is 0.416 e. The Hall–Kier alpha value is -3.18. The van der Waals surface area contributed by atoms with Crippen LogP contribution in [0.3, 0.4) is 0 Å². The number of hydrogen-bond acceptors (Lipinski definition) is 7. The van der Waals surface area contributed by atoms with E-state index in [2.05, 4.69) is 10.3 Å². The molecular formula is C22H18F3N3O3S2. The average Bonchev–Trinajstić information content (AvgIpc) is 3.39. The molecule has 3 heterocycles. The number of esters is 1. The summed E-state index contributed by atoms with van der Waals surface area (Å²) in [6.45, 7) is 3.56. The predicted molar refractivity (Wildman–Crippen MR) is 121 cm³/mol. The Morgan fingerprint density at radius 1 is 1.30 bits per heavy atom. The molecule has 1 aromatic carbocycles. The Morgan fingerprint density at radius 3 is 2.76 bits per heavy atom. The molecule has 2 aromatic heterocycles. The van der Waals surface area contributed by atoms with Crippen LogP contribution >= 0.6 is 22.7 Å². The number of rotatable bonds is 5. The van der Waals surface area contributed by atoms with E-state index in [1.807, 2.05) is 17.5 Å². The molecule has 0 radical (unpaired) electrons. The Balaban J connectivity index is 1.79. The van der Waals surface area contributed by atoms with Gasteiger partial charge >= 0.3 is 12.1 Å². The van der Waals surface area contributed by atoms with Gasteiger partial charge in [0.05, 0.1) is 23.4 Å². The molecule has 1 atom stereocenters. The summed E-state index contributed by atoms with van der Waals surface area (Å²) < 4.78 is 45.8. The minimum atomic E-state index is -4.47. The molecular weight excluding hydrogens is 475 g/mol. The maximum atomic E-state index is 13.3. The quantitative estimate of drug-likeness (QED) is 0.548. The highest BCUT2D eigenvalue weighted by atomic mass is 32.1. The lowest BCUT2D eigenvalue weighted by molar-refractivity contribution is -0.139. The van der Waals surface area contributed by atoms with Gasteiger partial charge < -0.3 is 10.1 Å². The number of halogens is 3. The first kappa shape index (κ1) is 23.0. The summed E-state index contributed by atoms with van der Waals surface area (Å²) in [4.78, 5) is 31.6. The zero-order chi connectivity index (χ0) is 23.8. The minimum Gasteiger partial charge on any atom is -0.463 e. The van der Waals surface area contributed by atoms with E-state index < -0.39 is 29.3 Å². The number of thiazole rings is 1. The topological polar surface area (TPSA) is 72.7 Å². The summed E-state index contributed by atoms with van der Waals surface area (Å²) in [5.41, 5.74) is -0.288. The van der Waals surface area contributed by atoms with Crippen LogP contribution in [0.4, 0.5) is 18.9 Å². The fraction of sp³-hybridized carbons (Fsp3) is 0.227. The van der Waals surface area contributed by atoms with Crippen LogP contribution < -0.4 is 20.2 Å². The lowest BCUT2D eigenvalue weighted by Crippen LogP contribution is -2.39. The zero-order valence-electron chi connectivity index (χ0n) is 17.5. The molecule has 0 spiro atoms. The van der Waals surface area contributed by atoms with Gasteiger partial charge in [0, 0.05) is 16.8 Å². The second kappa shape index (κ2) is 8.99. The summed E-state index contributed by atoms with van der Waals surface area (Å²) >= 11 is 2.48. The summed E-state index contributed by atoms with van der Waals surface area (Å²) in [6, 6.07) is 7.64. The number of hydrogen-bond donors (Lipinski definition) is 1. The second-order valence-electron chi connectivity index (χ2n) is 7.04. The fourth-order valence-corrected chi connectivity index (χ4v) is 5.23. The van der Waals surface area contributed by atoms with Crippen LogP contribution in [0.1, 0.15) is 30.3 Å². The van der Waals surface area contributed by atoms with Crippen molar-refractivity contribution >= 4 is 40.5 Å². The Morgan fingerprint density at radius 2 is 2.09 bits per heavy atom. The zero-order valence-corrected chi connectivity index (χ0v) is 19.1. The van der Waals surface area contributed by atoms with E-state index in [1.54, 1.807) is 13.8 Å². The molecule has 3 aromatic rings. The number of allylic oxidation sites excluding steroid dienone is 1. The highest BCUT2D eigenvalue weighted by Crippen LogP contribution is 2.33. The molecule has 1 N–H and O–H groups in total. The third-order valence-electron chi connectivity index (χ3n) is 4.89. The van der Waals surface area contributed by atoms with Crippen LogP contribution in [0.5, 0.6) is 0 Å². The molecule has 0 amide bonds. The van der Waals surface area contributed by atoms with Crippen molar-refractivity contribution in [2.75, 3.05) is 11.9 Å². The normalized spacial score (nSPS) is 16.4. The van der Waals surface area contributed by atoms with E-state index in [0.29, 0.717) is 10.5 Å². The molecule has 1 aliphatic heterocycles. The number of ether oxygens (including phenoxy) is 1. The van der Waals surface area contributed by atoms with Crippen molar-refractivity contribution in [3.05, 3.63) is 83.2 Å². The summed E-state index contributed by atoms with van der Waals surface area (Å²) in [5, 5.41) is 4.61. The molecule has 33 heavy (non-hydrogen) atoms. The van der Waals surface area contributed by atoms with E-state index >= 15 is 0 Å². The molecule has 4 rings (SSSR count). The van der Waals surface area contributed by atoms with Gasteiger partial charge in [-0.25, -0.2) is 9.79 Å². The molecule has 0 aliphatic carbocycles. The first-order chi connectivity index (χ1) is 15.7. The number of carbonyl (C=O) groups is 1. The van der Waals surface area contributed by atoms with Crippen molar-refractivity contribution < 1.29 is 22.7 Å². The Labute approximate surface area is 194 Å². The van der Waals surface area contributed by atoms with Crippen molar-refractivity contribution in [3.63, 3.8) is 0 Å². The number of thiophene rings is 1. The molecule has 0 saturated carbocycles. The van der Waals surface area contributed by atoms with Gasteiger partial charge in [-0.15, -0.1) is 11.3 Å². The van der Waals surface area contributed by atoms with Gasteiger partial charge in [0.25, 0.3) is 5.56 Å². The molecule has 172 valence electrons. The monoisotopic (exact) mass is 493 g/mol. The molecule has 1 aliphatic rings. The van der Waals surface area contributed by atoms with Crippen molar-refractivity contribution in [1.82, 2.24) is 4.57 Å². The van der Waals surface area contributed by atoms with E-state index in [4.69, 9.17) is 4.74 Å². The average molecular weight is 494 g/mol. The predicted octanol–water partition coefficient (Wildman–Crippen LogP) is 3.90. The van der Waals surface area contributed by atoms with Crippen LogP contribution in [0, 0.1) is 0 Å². The fourth-order valence-electron chi connectivity index (χ4n) is 3.44. The van der Waals surface area contributed by atoms with Gasteiger partial charge in [-0.05, 0) is 43.5 Å². The molecule has 0 unspecified atom stereocenters. The Kier molecular flexibility index (Phi) is 6.26. The van der Waals surface area contributed by atoms with Gasteiger partial charge in [0.1, 0.15) is 10.6 Å². The molecule has 0 saturated heterocycles. The van der Waals surface area contributed by atoms with Crippen LogP contribution in [0.25, 0.3) is 6.20 Å². The largest absolute Gasteiger partial charge is 0.463 e. The number of alkyl halides is 3. The Bertz CT molecular complexity index is 1400. The van der Waals surface area contributed by atoms with Crippen LogP contribution in [0.2, 0.25) is 0 Å². The van der Waals surface area contributed by atoms with Gasteiger partial charge in [0.2, 0.25) is 0 Å². The van der Waals surface area contributed by atoms with E-state index in [1.165, 1.54) is 34.2 Å². The van der Waals surface area contributed by atoms with Crippen molar-refractivity contribution in [3.8, 4) is 0 Å². The van der Waals surface area contributed by atoms with Crippen molar-refractivity contribution in [1.29, 1.82) is 0 Å². The number of benzene rings is 1. The smallest absolute Gasteiger partial charge is 0.416 e. The van der Waals surface area contributed by atoms with E-state index in [-0.39, 0.29) is 22.4 Å². The van der Waals surface area contributed by atoms with Gasteiger partial charge in [-0.2, -0.15) is 13.2 Å². The standard InChI is InChI=1S/C22H18F3N3O3S2/c1-3-31-20(30)17-12(2)27-21-28(18(17)15-8-5-9-32-15)19(29)16(33-21)11-26-14-7-4-6-13(10-14)22(23,24)25/h4-11,18,26H,3H2,1-2H3/b16-11-/t18-/m0/s1. The lowest BCUT2D eigenvalue weighted by atomic mass is 10.0. The molecule has 0 bridgehead atoms. The highest BCUT2D eigenvalue weighted by molar-refractivity contribution is 7.10. The van der Waals surface area contributed by atoms with Crippen molar-refractivity contribution in [2.45, 2.75) is 26.1 Å². The highest BCUT2D eigenvalue weighted by Gasteiger charge is 2.34. The van der Waals surface area contributed by atoms with E-state index in [9.17, 15) is 22.8 Å². The molecule has 0 fully saturated rings. The lowest BCUT2D eigenvalue weighted by Gasteiger charge is -2.23. The minimum absolute atomic E-state index is 0.179. The first-order valence-corrected chi connectivity index (χ1v) is 11.6. The molecule has 11 heteroatoms. The SMILES string of the molecule is CCOC(=O)C1=C(C)N=c2s/c(=C\Nc3cccc(C(F)(F)F)c3)c(=O)n2[C@H]1c1cccs1. The number of nitrogens with one attached hydrogen (secondary N) is 1. The number of aromatic nitrogens is 1.